The number of carbonyl (C=O) groups is 1. The lowest BCUT2D eigenvalue weighted by molar-refractivity contribution is 0.0951. The van der Waals surface area contributed by atoms with Gasteiger partial charge in [0, 0.05) is 36.0 Å². The van der Waals surface area contributed by atoms with Gasteiger partial charge >= 0.3 is 5.63 Å². The third-order valence-corrected chi connectivity index (χ3v) is 3.64. The van der Waals surface area contributed by atoms with E-state index in [0.717, 1.165) is 22.1 Å². The number of carbonyl (C=O) groups excluding carboxylic acids is 1. The van der Waals surface area contributed by atoms with Crippen molar-refractivity contribution >= 4 is 16.9 Å². The molecule has 5 nitrogen and oxygen atoms in total. The number of fused-ring (bicyclic) bond motifs is 1. The number of nitrogens with one attached hydrogen (secondary N) is 1. The molecule has 1 aromatic carbocycles. The molecule has 0 fully saturated rings. The van der Waals surface area contributed by atoms with Crippen LogP contribution in [0.15, 0.2) is 51.9 Å². The first-order valence-electron chi connectivity index (χ1n) is 7.27. The molecule has 2 heterocycles. The zero-order chi connectivity index (χ0) is 16.4. The predicted octanol–water partition coefficient (Wildman–Crippen LogP) is 2.73. The number of amides is 1. The zero-order valence-corrected chi connectivity index (χ0v) is 12.9. The standard InChI is InChI=1S/C18H16N2O3/c1-11-7-12(2)17-15(8-11)14(9-16(21)23-17)10-20-18(22)13-3-5-19-6-4-13/h3-9H,10H2,1-2H3,(H,20,22). The van der Waals surface area contributed by atoms with Gasteiger partial charge in [-0.25, -0.2) is 4.79 Å². The topological polar surface area (TPSA) is 72.2 Å². The lowest BCUT2D eigenvalue weighted by Crippen LogP contribution is -2.23. The smallest absolute Gasteiger partial charge is 0.336 e. The summed E-state index contributed by atoms with van der Waals surface area (Å²) in [5.74, 6) is -0.210. The maximum Gasteiger partial charge on any atom is 0.336 e. The number of hydrogen-bond donors (Lipinski definition) is 1. The van der Waals surface area contributed by atoms with Crippen LogP contribution in [0.3, 0.4) is 0 Å². The molecule has 0 aliphatic rings. The zero-order valence-electron chi connectivity index (χ0n) is 12.9. The quantitative estimate of drug-likeness (QED) is 0.755. The number of benzene rings is 1. The number of hydrogen-bond acceptors (Lipinski definition) is 4. The van der Waals surface area contributed by atoms with Crippen LogP contribution < -0.4 is 10.9 Å². The molecule has 0 radical (unpaired) electrons. The summed E-state index contributed by atoms with van der Waals surface area (Å²) in [6.45, 7) is 4.14. The second-order valence-corrected chi connectivity index (χ2v) is 5.47. The van der Waals surface area contributed by atoms with Gasteiger partial charge in [0.2, 0.25) is 0 Å². The lowest BCUT2D eigenvalue weighted by atomic mass is 10.0. The van der Waals surface area contributed by atoms with Gasteiger partial charge in [-0.15, -0.1) is 0 Å². The van der Waals surface area contributed by atoms with E-state index in [2.05, 4.69) is 10.3 Å². The first-order chi connectivity index (χ1) is 11.0. The molecule has 0 saturated carbocycles. The molecule has 1 amide bonds. The molecule has 0 saturated heterocycles. The minimum atomic E-state index is -0.419. The Labute approximate surface area is 133 Å². The van der Waals surface area contributed by atoms with Crippen LogP contribution in [0.2, 0.25) is 0 Å². The fourth-order valence-corrected chi connectivity index (χ4v) is 2.61. The predicted molar refractivity (Wildman–Crippen MR) is 87.4 cm³/mol. The Morgan fingerprint density at radius 1 is 1.17 bits per heavy atom. The molecule has 0 aliphatic heterocycles. The molecule has 3 rings (SSSR count). The molecule has 5 heteroatoms. The number of rotatable bonds is 3. The van der Waals surface area contributed by atoms with Crippen LogP contribution in [0.5, 0.6) is 0 Å². The minimum absolute atomic E-state index is 0.210. The highest BCUT2D eigenvalue weighted by Crippen LogP contribution is 2.22. The van der Waals surface area contributed by atoms with Crippen molar-refractivity contribution in [1.82, 2.24) is 10.3 Å². The van der Waals surface area contributed by atoms with Crippen molar-refractivity contribution in [1.29, 1.82) is 0 Å². The Bertz CT molecular complexity index is 930. The fourth-order valence-electron chi connectivity index (χ4n) is 2.61. The Hall–Kier alpha value is -2.95. The summed E-state index contributed by atoms with van der Waals surface area (Å²) >= 11 is 0. The van der Waals surface area contributed by atoms with E-state index in [1.54, 1.807) is 24.5 Å². The molecule has 23 heavy (non-hydrogen) atoms. The number of pyridine rings is 1. The van der Waals surface area contributed by atoms with Gasteiger partial charge in [-0.2, -0.15) is 0 Å². The number of aryl methyl sites for hydroxylation is 2. The normalized spacial score (nSPS) is 10.7. The second-order valence-electron chi connectivity index (χ2n) is 5.47. The summed E-state index contributed by atoms with van der Waals surface area (Å²) in [7, 11) is 0. The second kappa shape index (κ2) is 6.04. The van der Waals surface area contributed by atoms with Crippen molar-refractivity contribution in [3.8, 4) is 0 Å². The summed E-state index contributed by atoms with van der Waals surface area (Å²) in [6, 6.07) is 8.63. The van der Waals surface area contributed by atoms with E-state index < -0.39 is 5.63 Å². The summed E-state index contributed by atoms with van der Waals surface area (Å²) in [6.07, 6.45) is 3.13. The highest BCUT2D eigenvalue weighted by atomic mass is 16.4. The van der Waals surface area contributed by atoms with E-state index in [1.165, 1.54) is 6.07 Å². The van der Waals surface area contributed by atoms with Gasteiger partial charge < -0.3 is 9.73 Å². The average Bonchev–Trinajstić information content (AvgIpc) is 2.54. The average molecular weight is 308 g/mol. The van der Waals surface area contributed by atoms with E-state index in [-0.39, 0.29) is 12.5 Å². The van der Waals surface area contributed by atoms with Crippen molar-refractivity contribution in [2.24, 2.45) is 0 Å². The summed E-state index contributed by atoms with van der Waals surface area (Å²) in [4.78, 5) is 27.8. The van der Waals surface area contributed by atoms with Crippen LogP contribution in [0.1, 0.15) is 27.0 Å². The van der Waals surface area contributed by atoms with Crippen molar-refractivity contribution in [2.75, 3.05) is 0 Å². The van der Waals surface area contributed by atoms with Crippen LogP contribution >= 0.6 is 0 Å². The maximum absolute atomic E-state index is 12.1. The van der Waals surface area contributed by atoms with Crippen molar-refractivity contribution in [3.63, 3.8) is 0 Å². The molecular weight excluding hydrogens is 292 g/mol. The van der Waals surface area contributed by atoms with Crippen LogP contribution in [0, 0.1) is 13.8 Å². The van der Waals surface area contributed by atoms with Gasteiger partial charge in [0.05, 0.1) is 0 Å². The van der Waals surface area contributed by atoms with Gasteiger partial charge in [-0.3, -0.25) is 9.78 Å². The van der Waals surface area contributed by atoms with Crippen LogP contribution in [-0.4, -0.2) is 10.9 Å². The van der Waals surface area contributed by atoms with E-state index in [9.17, 15) is 9.59 Å². The summed E-state index contributed by atoms with van der Waals surface area (Å²) in [5.41, 5.74) is 3.39. The summed E-state index contributed by atoms with van der Waals surface area (Å²) in [5, 5.41) is 3.67. The molecule has 0 spiro atoms. The molecule has 0 atom stereocenters. The minimum Gasteiger partial charge on any atom is -0.422 e. The molecule has 1 N–H and O–H groups in total. The van der Waals surface area contributed by atoms with Crippen molar-refractivity contribution < 1.29 is 9.21 Å². The highest BCUT2D eigenvalue weighted by Gasteiger charge is 2.11. The Balaban J connectivity index is 1.94. The fraction of sp³-hybridized carbons (Fsp3) is 0.167. The Morgan fingerprint density at radius 2 is 1.91 bits per heavy atom. The Kier molecular flexibility index (Phi) is 3.93. The van der Waals surface area contributed by atoms with Crippen molar-refractivity contribution in [2.45, 2.75) is 20.4 Å². The Morgan fingerprint density at radius 3 is 2.65 bits per heavy atom. The third kappa shape index (κ3) is 3.13. The molecule has 0 aliphatic carbocycles. The van der Waals surface area contributed by atoms with Crippen LogP contribution in [0.4, 0.5) is 0 Å². The van der Waals surface area contributed by atoms with E-state index in [0.29, 0.717) is 11.1 Å². The van der Waals surface area contributed by atoms with Crippen molar-refractivity contribution in [3.05, 3.63) is 75.4 Å². The molecule has 2 aromatic heterocycles. The van der Waals surface area contributed by atoms with E-state index in [1.807, 2.05) is 26.0 Å². The first-order valence-corrected chi connectivity index (χ1v) is 7.27. The number of nitrogens with zero attached hydrogens (tertiary/aromatic N) is 1. The molecule has 0 unspecified atom stereocenters. The highest BCUT2D eigenvalue weighted by molar-refractivity contribution is 5.94. The molecular formula is C18H16N2O3. The molecule has 0 bridgehead atoms. The number of aromatic nitrogens is 1. The van der Waals surface area contributed by atoms with E-state index in [4.69, 9.17) is 4.42 Å². The van der Waals surface area contributed by atoms with Gasteiger partial charge in [0.25, 0.3) is 5.91 Å². The molecule has 3 aromatic rings. The van der Waals surface area contributed by atoms with Gasteiger partial charge in [-0.05, 0) is 48.7 Å². The van der Waals surface area contributed by atoms with Gasteiger partial charge in [-0.1, -0.05) is 6.07 Å². The van der Waals surface area contributed by atoms with Gasteiger partial charge in [0.1, 0.15) is 5.58 Å². The maximum atomic E-state index is 12.1. The van der Waals surface area contributed by atoms with E-state index >= 15 is 0 Å². The molecule has 116 valence electrons. The largest absolute Gasteiger partial charge is 0.422 e. The third-order valence-electron chi connectivity index (χ3n) is 3.64. The van der Waals surface area contributed by atoms with Crippen LogP contribution in [0.25, 0.3) is 11.0 Å². The SMILES string of the molecule is Cc1cc(C)c2oc(=O)cc(CNC(=O)c3ccncc3)c2c1. The summed E-state index contributed by atoms with van der Waals surface area (Å²) < 4.78 is 5.30. The monoisotopic (exact) mass is 308 g/mol. The van der Waals surface area contributed by atoms with Crippen LogP contribution in [-0.2, 0) is 6.54 Å². The lowest BCUT2D eigenvalue weighted by Gasteiger charge is -2.10. The first kappa shape index (κ1) is 15.0. The van der Waals surface area contributed by atoms with Gasteiger partial charge in [0.15, 0.2) is 0 Å².